The second kappa shape index (κ2) is 7.90. The minimum absolute atomic E-state index is 0.209. The van der Waals surface area contributed by atoms with Crippen LogP contribution in [-0.2, 0) is 7.05 Å². The fraction of sp³-hybridized carbons (Fsp3) is 0.174. The van der Waals surface area contributed by atoms with Crippen LogP contribution in [0.5, 0.6) is 0 Å². The lowest BCUT2D eigenvalue weighted by Gasteiger charge is -2.14. The van der Waals surface area contributed by atoms with E-state index in [2.05, 4.69) is 30.9 Å². The number of hydrogen-bond donors (Lipinski definition) is 2. The average Bonchev–Trinajstić information content (AvgIpc) is 3.35. The summed E-state index contributed by atoms with van der Waals surface area (Å²) in [6.07, 6.45) is 0. The molecule has 0 spiro atoms. The van der Waals surface area contributed by atoms with Crippen LogP contribution in [0.2, 0.25) is 0 Å². The van der Waals surface area contributed by atoms with Gasteiger partial charge in [-0.15, -0.1) is 0 Å². The molecule has 0 aliphatic carbocycles. The SMILES string of the molecule is Cc1cccc(Nc2nc3nonc3nc2Nc2c(C)n(C)n(-c3ccccc3)c2=O)c1C. The van der Waals surface area contributed by atoms with Crippen molar-refractivity contribution < 1.29 is 4.63 Å². The Balaban J connectivity index is 1.62. The molecule has 0 aliphatic rings. The summed E-state index contributed by atoms with van der Waals surface area (Å²) in [5.41, 5.74) is 5.26. The summed E-state index contributed by atoms with van der Waals surface area (Å²) in [7, 11) is 1.83. The predicted molar refractivity (Wildman–Crippen MR) is 126 cm³/mol. The molecule has 0 amide bonds. The van der Waals surface area contributed by atoms with Gasteiger partial charge in [0.25, 0.3) is 5.56 Å². The summed E-state index contributed by atoms with van der Waals surface area (Å²) in [5, 5.41) is 14.1. The highest BCUT2D eigenvalue weighted by Crippen LogP contribution is 2.29. The molecule has 3 heterocycles. The molecule has 33 heavy (non-hydrogen) atoms. The van der Waals surface area contributed by atoms with Crippen molar-refractivity contribution in [3.63, 3.8) is 0 Å². The van der Waals surface area contributed by atoms with Crippen LogP contribution in [0, 0.1) is 20.8 Å². The van der Waals surface area contributed by atoms with E-state index >= 15 is 0 Å². The van der Waals surface area contributed by atoms with Crippen LogP contribution in [0.1, 0.15) is 16.8 Å². The van der Waals surface area contributed by atoms with Gasteiger partial charge in [-0.1, -0.05) is 30.3 Å². The Bertz CT molecular complexity index is 1530. The Labute approximate surface area is 188 Å². The van der Waals surface area contributed by atoms with Crippen LogP contribution in [0.25, 0.3) is 17.0 Å². The minimum atomic E-state index is -0.209. The highest BCUT2D eigenvalue weighted by molar-refractivity contribution is 5.80. The van der Waals surface area contributed by atoms with Gasteiger partial charge in [0.1, 0.15) is 5.69 Å². The van der Waals surface area contributed by atoms with E-state index in [1.807, 2.05) is 76.3 Å². The number of rotatable bonds is 5. The van der Waals surface area contributed by atoms with E-state index in [0.717, 1.165) is 28.2 Å². The lowest BCUT2D eigenvalue weighted by atomic mass is 10.1. The third kappa shape index (κ3) is 3.51. The molecule has 0 aliphatic heterocycles. The zero-order valence-electron chi connectivity index (χ0n) is 18.6. The molecule has 0 unspecified atom stereocenters. The Morgan fingerprint density at radius 2 is 1.52 bits per heavy atom. The standard InChI is InChI=1S/C23H22N8O2/c1-13-9-8-12-17(14(13)2)24-19-20(27-22-21(26-19)28-33-29-22)25-18-15(3)30(4)31(23(18)32)16-10-6-5-7-11-16/h5-12H,1-4H3,(H,24,26,28)(H,25,27,29). The van der Waals surface area contributed by atoms with Gasteiger partial charge in [0.2, 0.25) is 11.3 Å². The number of aromatic nitrogens is 6. The topological polar surface area (TPSA) is 116 Å². The fourth-order valence-electron chi connectivity index (χ4n) is 3.66. The Morgan fingerprint density at radius 3 is 2.21 bits per heavy atom. The van der Waals surface area contributed by atoms with Crippen LogP contribution in [0.15, 0.2) is 58.0 Å². The molecule has 0 saturated carbocycles. The van der Waals surface area contributed by atoms with E-state index in [4.69, 9.17) is 4.63 Å². The molecule has 2 N–H and O–H groups in total. The first-order valence-electron chi connectivity index (χ1n) is 10.4. The molecular formula is C23H22N8O2. The summed E-state index contributed by atoms with van der Waals surface area (Å²) in [5.74, 6) is 0.742. The number of anilines is 4. The molecular weight excluding hydrogens is 420 g/mol. The van der Waals surface area contributed by atoms with Crippen molar-refractivity contribution in [3.8, 4) is 5.69 Å². The van der Waals surface area contributed by atoms with Crippen molar-refractivity contribution in [1.82, 2.24) is 29.6 Å². The van der Waals surface area contributed by atoms with Crippen molar-refractivity contribution in [3.05, 3.63) is 75.7 Å². The van der Waals surface area contributed by atoms with Gasteiger partial charge in [-0.05, 0) is 60.4 Å². The summed E-state index contributed by atoms with van der Waals surface area (Å²) in [6, 6.07) is 15.4. The lowest BCUT2D eigenvalue weighted by Crippen LogP contribution is -2.20. The molecule has 0 saturated heterocycles. The second-order valence-corrected chi connectivity index (χ2v) is 7.77. The molecule has 5 rings (SSSR count). The highest BCUT2D eigenvalue weighted by atomic mass is 16.6. The van der Waals surface area contributed by atoms with Crippen LogP contribution in [0.4, 0.5) is 23.0 Å². The first kappa shape index (κ1) is 20.4. The average molecular weight is 442 g/mol. The van der Waals surface area contributed by atoms with Crippen LogP contribution in [0.3, 0.4) is 0 Å². The number of benzene rings is 2. The zero-order chi connectivity index (χ0) is 23.1. The summed E-state index contributed by atoms with van der Waals surface area (Å²) < 4.78 is 8.19. The Kier molecular flexibility index (Phi) is 4.89. The van der Waals surface area contributed by atoms with Crippen LogP contribution < -0.4 is 16.2 Å². The number of hydrogen-bond acceptors (Lipinski definition) is 8. The summed E-state index contributed by atoms with van der Waals surface area (Å²) in [4.78, 5) is 22.4. The quantitative estimate of drug-likeness (QED) is 0.421. The maximum atomic E-state index is 13.4. The fourth-order valence-corrected chi connectivity index (χ4v) is 3.66. The summed E-state index contributed by atoms with van der Waals surface area (Å²) in [6.45, 7) is 5.92. The van der Waals surface area contributed by atoms with Gasteiger partial charge in [-0.25, -0.2) is 19.3 Å². The van der Waals surface area contributed by atoms with E-state index < -0.39 is 0 Å². The molecule has 166 valence electrons. The smallest absolute Gasteiger partial charge is 0.295 e. The predicted octanol–water partition coefficient (Wildman–Crippen LogP) is 3.91. The molecule has 0 bridgehead atoms. The van der Waals surface area contributed by atoms with Crippen molar-refractivity contribution >= 4 is 34.3 Å². The zero-order valence-corrected chi connectivity index (χ0v) is 18.6. The normalized spacial score (nSPS) is 11.2. The van der Waals surface area contributed by atoms with Gasteiger partial charge in [-0.3, -0.25) is 9.48 Å². The van der Waals surface area contributed by atoms with Crippen molar-refractivity contribution in [1.29, 1.82) is 0 Å². The number of nitrogens with zero attached hydrogens (tertiary/aromatic N) is 6. The number of para-hydroxylation sites is 1. The number of fused-ring (bicyclic) bond motifs is 1. The minimum Gasteiger partial charge on any atom is -0.337 e. The molecule has 5 aromatic rings. The second-order valence-electron chi connectivity index (χ2n) is 7.77. The summed E-state index contributed by atoms with van der Waals surface area (Å²) >= 11 is 0. The number of nitrogens with one attached hydrogen (secondary N) is 2. The lowest BCUT2D eigenvalue weighted by molar-refractivity contribution is 0.314. The van der Waals surface area contributed by atoms with E-state index in [9.17, 15) is 4.79 Å². The van der Waals surface area contributed by atoms with Gasteiger partial charge in [0.05, 0.1) is 11.4 Å². The Hall–Kier alpha value is -4.47. The van der Waals surface area contributed by atoms with Gasteiger partial charge in [0.15, 0.2) is 11.6 Å². The highest BCUT2D eigenvalue weighted by Gasteiger charge is 2.20. The molecule has 10 heteroatoms. The maximum absolute atomic E-state index is 13.4. The van der Waals surface area contributed by atoms with E-state index in [1.165, 1.54) is 0 Å². The van der Waals surface area contributed by atoms with Gasteiger partial charge in [0, 0.05) is 12.7 Å². The van der Waals surface area contributed by atoms with Gasteiger partial charge in [-0.2, -0.15) is 0 Å². The maximum Gasteiger partial charge on any atom is 0.295 e. The van der Waals surface area contributed by atoms with Crippen LogP contribution in [-0.4, -0.2) is 29.6 Å². The number of aryl methyl sites for hydroxylation is 1. The Morgan fingerprint density at radius 1 is 0.848 bits per heavy atom. The first-order chi connectivity index (χ1) is 15.9. The third-order valence-corrected chi connectivity index (χ3v) is 5.77. The molecule has 2 aromatic carbocycles. The largest absolute Gasteiger partial charge is 0.337 e. The van der Waals surface area contributed by atoms with Gasteiger partial charge < -0.3 is 10.6 Å². The monoisotopic (exact) mass is 442 g/mol. The third-order valence-electron chi connectivity index (χ3n) is 5.77. The van der Waals surface area contributed by atoms with Crippen LogP contribution >= 0.6 is 0 Å². The first-order valence-corrected chi connectivity index (χ1v) is 10.4. The molecule has 3 aromatic heterocycles. The van der Waals surface area contributed by atoms with E-state index in [0.29, 0.717) is 17.3 Å². The molecule has 0 radical (unpaired) electrons. The molecule has 10 nitrogen and oxygen atoms in total. The molecule has 0 fully saturated rings. The van der Waals surface area contributed by atoms with Gasteiger partial charge >= 0.3 is 0 Å². The van der Waals surface area contributed by atoms with E-state index in [-0.39, 0.29) is 16.9 Å². The van der Waals surface area contributed by atoms with Crippen molar-refractivity contribution in [2.75, 3.05) is 10.6 Å². The van der Waals surface area contributed by atoms with E-state index in [1.54, 1.807) is 9.36 Å². The molecule has 0 atom stereocenters. The van der Waals surface area contributed by atoms with Crippen molar-refractivity contribution in [2.24, 2.45) is 7.05 Å². The van der Waals surface area contributed by atoms with Crippen molar-refractivity contribution in [2.45, 2.75) is 20.8 Å².